The molecule has 1 amide bonds. The monoisotopic (exact) mass is 486 g/mol. The number of nitrogens with one attached hydrogen (secondary N) is 1. The molecule has 3 N–H and O–H groups in total. The van der Waals surface area contributed by atoms with Crippen LogP contribution in [-0.4, -0.2) is 50.1 Å². The van der Waals surface area contributed by atoms with E-state index in [0.717, 1.165) is 41.7 Å². The van der Waals surface area contributed by atoms with Crippen LogP contribution in [-0.2, 0) is 7.05 Å². The number of aromatic nitrogens is 3. The molecule has 186 valence electrons. The number of amides is 1. The standard InChI is InChI=1S/C28H31FN6O/c1-14(2)23-12-31-19-6-4-5-15-11-22(35(23)25(15)19)27-32-20-10-17(9-18(29)26(20)33(27)3)28(36)34-13-16-7-8-21(34)24(16)30/h4-6,9-11,14,16,21,23-24,31H,7-8,12-13,30H2,1-3H3/t16-,21-,23-,24-/m1/s1. The van der Waals surface area contributed by atoms with E-state index in [1.54, 1.807) is 6.07 Å². The molecule has 36 heavy (non-hydrogen) atoms. The largest absolute Gasteiger partial charge is 0.381 e. The summed E-state index contributed by atoms with van der Waals surface area (Å²) in [6, 6.07) is 11.8. The van der Waals surface area contributed by atoms with Crippen LogP contribution in [0.2, 0.25) is 0 Å². The van der Waals surface area contributed by atoms with Crippen molar-refractivity contribution in [2.75, 3.05) is 18.4 Å². The van der Waals surface area contributed by atoms with E-state index in [9.17, 15) is 4.79 Å². The van der Waals surface area contributed by atoms with Crippen LogP contribution in [0, 0.1) is 17.7 Å². The highest BCUT2D eigenvalue weighted by Gasteiger charge is 2.47. The van der Waals surface area contributed by atoms with E-state index in [-0.39, 0.29) is 24.0 Å². The van der Waals surface area contributed by atoms with Gasteiger partial charge in [-0.1, -0.05) is 26.0 Å². The lowest BCUT2D eigenvalue weighted by atomic mass is 10.0. The van der Waals surface area contributed by atoms with Crippen molar-refractivity contribution in [2.45, 2.75) is 44.8 Å². The van der Waals surface area contributed by atoms with Gasteiger partial charge in [-0.05, 0) is 48.9 Å². The Labute approximate surface area is 209 Å². The Hall–Kier alpha value is -3.39. The average Bonchev–Trinajstić information content (AvgIpc) is 3.60. The topological polar surface area (TPSA) is 81.1 Å². The number of nitrogens with two attached hydrogens (primary N) is 1. The van der Waals surface area contributed by atoms with Gasteiger partial charge in [0.2, 0.25) is 0 Å². The number of aryl methyl sites for hydroxylation is 1. The molecule has 0 radical (unpaired) electrons. The van der Waals surface area contributed by atoms with E-state index in [1.165, 1.54) is 6.07 Å². The molecule has 1 saturated heterocycles. The lowest BCUT2D eigenvalue weighted by molar-refractivity contribution is 0.0700. The van der Waals surface area contributed by atoms with Crippen LogP contribution in [0.1, 0.15) is 43.1 Å². The van der Waals surface area contributed by atoms with Crippen molar-refractivity contribution in [3.8, 4) is 11.5 Å². The first-order valence-electron chi connectivity index (χ1n) is 12.9. The third-order valence-corrected chi connectivity index (χ3v) is 8.78. The predicted octanol–water partition coefficient (Wildman–Crippen LogP) is 4.52. The second-order valence-corrected chi connectivity index (χ2v) is 11.1. The smallest absolute Gasteiger partial charge is 0.254 e. The van der Waals surface area contributed by atoms with Crippen LogP contribution >= 0.6 is 0 Å². The van der Waals surface area contributed by atoms with Gasteiger partial charge >= 0.3 is 0 Å². The summed E-state index contributed by atoms with van der Waals surface area (Å²) in [6.07, 6.45) is 1.99. The fourth-order valence-corrected chi connectivity index (χ4v) is 6.88. The molecule has 2 bridgehead atoms. The molecule has 2 aromatic heterocycles. The summed E-state index contributed by atoms with van der Waals surface area (Å²) in [7, 11) is 1.85. The SMILES string of the molecule is CC(C)[C@H]1CNc2cccc3cc(-c4nc5cc(C(=O)N6C[C@H]7CC[C@@H]6[C@@H]7N)cc(F)c5n4C)n1c23. The zero-order chi connectivity index (χ0) is 24.9. The number of nitrogens with zero attached hydrogens (tertiary/aromatic N) is 4. The average molecular weight is 487 g/mol. The fourth-order valence-electron chi connectivity index (χ4n) is 6.88. The molecule has 4 heterocycles. The summed E-state index contributed by atoms with van der Waals surface area (Å²) >= 11 is 0. The van der Waals surface area contributed by atoms with Crippen molar-refractivity contribution in [3.05, 3.63) is 47.8 Å². The van der Waals surface area contributed by atoms with Crippen LogP contribution in [0.4, 0.5) is 10.1 Å². The molecule has 1 aliphatic carbocycles. The van der Waals surface area contributed by atoms with Crippen LogP contribution < -0.4 is 11.1 Å². The summed E-state index contributed by atoms with van der Waals surface area (Å²) < 4.78 is 19.7. The molecule has 0 unspecified atom stereocenters. The number of hydrogen-bond acceptors (Lipinski definition) is 4. The zero-order valence-corrected chi connectivity index (χ0v) is 20.8. The van der Waals surface area contributed by atoms with Crippen molar-refractivity contribution in [2.24, 2.45) is 24.6 Å². The van der Waals surface area contributed by atoms with Gasteiger partial charge < -0.3 is 25.1 Å². The summed E-state index contributed by atoms with van der Waals surface area (Å²) in [5.41, 5.74) is 10.8. The zero-order valence-electron chi connectivity index (χ0n) is 20.8. The number of para-hydroxylation sites is 1. The fraction of sp³-hybridized carbons (Fsp3) is 0.429. The first-order valence-corrected chi connectivity index (χ1v) is 12.9. The summed E-state index contributed by atoms with van der Waals surface area (Å²) in [6.45, 7) is 5.92. The summed E-state index contributed by atoms with van der Waals surface area (Å²) in [5, 5.41) is 4.70. The molecular weight excluding hydrogens is 455 g/mol. The Morgan fingerprint density at radius 2 is 2.03 bits per heavy atom. The molecule has 0 spiro atoms. The summed E-state index contributed by atoms with van der Waals surface area (Å²) in [4.78, 5) is 20.1. The lowest BCUT2D eigenvalue weighted by Crippen LogP contribution is -2.41. The molecule has 2 fully saturated rings. The number of halogens is 1. The first-order chi connectivity index (χ1) is 17.3. The van der Waals surface area contributed by atoms with Gasteiger partial charge in [-0.15, -0.1) is 0 Å². The van der Waals surface area contributed by atoms with Gasteiger partial charge in [0.15, 0.2) is 5.82 Å². The maximum absolute atomic E-state index is 15.5. The van der Waals surface area contributed by atoms with Gasteiger partial charge in [0, 0.05) is 43.2 Å². The van der Waals surface area contributed by atoms with Crippen LogP contribution in [0.25, 0.3) is 33.5 Å². The third-order valence-electron chi connectivity index (χ3n) is 8.78. The lowest BCUT2D eigenvalue weighted by Gasteiger charge is -2.31. The number of carbonyl (C=O) groups excluding carboxylic acids is 1. The predicted molar refractivity (Wildman–Crippen MR) is 139 cm³/mol. The Balaban J connectivity index is 1.37. The van der Waals surface area contributed by atoms with Crippen LogP contribution in [0.5, 0.6) is 0 Å². The Kier molecular flexibility index (Phi) is 4.59. The number of likely N-dealkylation sites (tertiary alicyclic amines) is 1. The normalized spacial score (nSPS) is 24.9. The maximum Gasteiger partial charge on any atom is 0.254 e. The molecule has 4 aromatic rings. The van der Waals surface area contributed by atoms with Crippen molar-refractivity contribution < 1.29 is 9.18 Å². The van der Waals surface area contributed by atoms with Crippen molar-refractivity contribution in [1.82, 2.24) is 19.0 Å². The van der Waals surface area contributed by atoms with Crippen LogP contribution in [0.15, 0.2) is 36.4 Å². The minimum atomic E-state index is -0.428. The number of rotatable bonds is 3. The summed E-state index contributed by atoms with van der Waals surface area (Å²) in [5.74, 6) is 0.874. The molecule has 4 atom stereocenters. The quantitative estimate of drug-likeness (QED) is 0.446. The van der Waals surface area contributed by atoms with Gasteiger partial charge in [0.05, 0.1) is 28.5 Å². The molecule has 1 saturated carbocycles. The van der Waals surface area contributed by atoms with Crippen molar-refractivity contribution >= 4 is 33.5 Å². The minimum Gasteiger partial charge on any atom is -0.381 e. The van der Waals surface area contributed by atoms with Crippen molar-refractivity contribution in [3.63, 3.8) is 0 Å². The highest BCUT2D eigenvalue weighted by molar-refractivity contribution is 6.00. The third kappa shape index (κ3) is 2.88. The van der Waals surface area contributed by atoms with Gasteiger partial charge in [-0.25, -0.2) is 9.37 Å². The second kappa shape index (κ2) is 7.56. The maximum atomic E-state index is 15.5. The highest BCUT2D eigenvalue weighted by atomic mass is 19.1. The van der Waals surface area contributed by atoms with Gasteiger partial charge in [0.1, 0.15) is 11.3 Å². The number of fused-ring (bicyclic) bond motifs is 3. The Bertz CT molecular complexity index is 1550. The molecule has 2 aromatic carbocycles. The minimum absolute atomic E-state index is 0.0257. The second-order valence-electron chi connectivity index (χ2n) is 11.1. The van der Waals surface area contributed by atoms with Gasteiger partial charge in [-0.3, -0.25) is 4.79 Å². The van der Waals surface area contributed by atoms with E-state index in [2.05, 4.69) is 48.0 Å². The van der Waals surface area contributed by atoms with E-state index in [4.69, 9.17) is 10.7 Å². The van der Waals surface area contributed by atoms with E-state index in [0.29, 0.717) is 40.8 Å². The molecule has 2 aliphatic heterocycles. The molecule has 3 aliphatic rings. The van der Waals surface area contributed by atoms with Gasteiger partial charge in [-0.2, -0.15) is 0 Å². The van der Waals surface area contributed by atoms with E-state index < -0.39 is 5.82 Å². The first kappa shape index (κ1) is 21.9. The molecular formula is C28H31FN6O. The molecule has 7 rings (SSSR count). The van der Waals surface area contributed by atoms with E-state index >= 15 is 4.39 Å². The number of imidazole rings is 1. The van der Waals surface area contributed by atoms with Gasteiger partial charge in [0.25, 0.3) is 5.91 Å². The molecule has 7 nitrogen and oxygen atoms in total. The van der Waals surface area contributed by atoms with Crippen molar-refractivity contribution in [1.29, 1.82) is 0 Å². The Morgan fingerprint density at radius 3 is 2.75 bits per heavy atom. The number of hydrogen-bond donors (Lipinski definition) is 2. The van der Waals surface area contributed by atoms with Crippen LogP contribution in [0.3, 0.4) is 0 Å². The number of carbonyl (C=O) groups is 1. The number of piperidine rings is 1. The number of anilines is 1. The number of benzene rings is 2. The molecule has 8 heteroatoms. The van der Waals surface area contributed by atoms with E-state index in [1.807, 2.05) is 16.5 Å². The Morgan fingerprint density at radius 1 is 1.19 bits per heavy atom. The highest BCUT2D eigenvalue weighted by Crippen LogP contribution is 2.41.